The molecule has 2 aromatic heterocycles. The number of hydrogen-bond donors (Lipinski definition) is 2. The number of fused-ring (bicyclic) bond motifs is 2. The number of anilines is 2. The van der Waals surface area contributed by atoms with Gasteiger partial charge in [0.15, 0.2) is 0 Å². The summed E-state index contributed by atoms with van der Waals surface area (Å²) in [5.41, 5.74) is 16.4. The summed E-state index contributed by atoms with van der Waals surface area (Å²) in [5, 5.41) is 0. The zero-order valence-corrected chi connectivity index (χ0v) is 15.0. The van der Waals surface area contributed by atoms with Crippen molar-refractivity contribution in [3.63, 3.8) is 0 Å². The zero-order chi connectivity index (χ0) is 18.6. The maximum atomic E-state index is 6.14. The van der Waals surface area contributed by atoms with Crippen molar-refractivity contribution >= 4 is 11.5 Å². The van der Waals surface area contributed by atoms with Crippen LogP contribution in [0, 0.1) is 6.92 Å². The van der Waals surface area contributed by atoms with Crippen LogP contribution in [0.15, 0.2) is 42.7 Å². The summed E-state index contributed by atoms with van der Waals surface area (Å²) in [6, 6.07) is 9.63. The lowest BCUT2D eigenvalue weighted by atomic mass is 9.95. The molecule has 136 valence electrons. The minimum Gasteiger partial charge on any atom is -0.492 e. The summed E-state index contributed by atoms with van der Waals surface area (Å²) >= 11 is 0. The van der Waals surface area contributed by atoms with Gasteiger partial charge in [-0.15, -0.1) is 0 Å². The van der Waals surface area contributed by atoms with E-state index in [-0.39, 0.29) is 5.41 Å². The average molecular weight is 360 g/mol. The van der Waals surface area contributed by atoms with Crippen LogP contribution in [-0.2, 0) is 5.41 Å². The molecular formula is C21H20N4O2. The second kappa shape index (κ2) is 5.61. The van der Waals surface area contributed by atoms with Gasteiger partial charge in [-0.05, 0) is 43.5 Å². The standard InChI is InChI=1S/C21H20N4O2/c1-12-2-4-15(17-19(12)26-11-21(17)7-8-21)27-16-5-3-13(10-25-16)14-6-9-24-20(23)18(14)22/h2-6,9-10H,7-8,11,22H2,1H3,(H2,23,24). The molecule has 0 unspecified atom stereocenters. The molecule has 1 aliphatic carbocycles. The Morgan fingerprint density at radius 1 is 1.07 bits per heavy atom. The fourth-order valence-electron chi connectivity index (χ4n) is 3.72. The highest BCUT2D eigenvalue weighted by molar-refractivity contribution is 5.81. The van der Waals surface area contributed by atoms with Crippen LogP contribution in [0.2, 0.25) is 0 Å². The van der Waals surface area contributed by atoms with Crippen molar-refractivity contribution in [1.29, 1.82) is 0 Å². The molecule has 3 heterocycles. The minimum atomic E-state index is 0.139. The Balaban J connectivity index is 1.47. The molecule has 1 aromatic carbocycles. The van der Waals surface area contributed by atoms with Gasteiger partial charge in [-0.25, -0.2) is 9.97 Å². The Hall–Kier alpha value is -3.28. The topological polar surface area (TPSA) is 96.3 Å². The normalized spacial score (nSPS) is 16.0. The van der Waals surface area contributed by atoms with E-state index in [2.05, 4.69) is 16.9 Å². The Bertz CT molecular complexity index is 1040. The second-order valence-electron chi connectivity index (χ2n) is 7.30. The molecule has 1 fully saturated rings. The van der Waals surface area contributed by atoms with Crippen LogP contribution in [0.4, 0.5) is 11.5 Å². The van der Waals surface area contributed by atoms with Gasteiger partial charge in [0.25, 0.3) is 0 Å². The van der Waals surface area contributed by atoms with Gasteiger partial charge in [-0.1, -0.05) is 6.07 Å². The average Bonchev–Trinajstić information content (AvgIpc) is 3.34. The predicted molar refractivity (Wildman–Crippen MR) is 104 cm³/mol. The maximum absolute atomic E-state index is 6.14. The van der Waals surface area contributed by atoms with E-state index in [1.54, 1.807) is 12.4 Å². The molecule has 5 rings (SSSR count). The largest absolute Gasteiger partial charge is 0.492 e. The molecule has 0 bridgehead atoms. The van der Waals surface area contributed by atoms with E-state index >= 15 is 0 Å². The first-order chi connectivity index (χ1) is 13.1. The number of nitrogens with two attached hydrogens (primary N) is 2. The smallest absolute Gasteiger partial charge is 0.219 e. The first-order valence-electron chi connectivity index (χ1n) is 8.98. The SMILES string of the molecule is Cc1ccc(Oc2ccc(-c3ccnc(N)c3N)cn2)c2c1OCC21CC1. The molecule has 0 saturated heterocycles. The van der Waals surface area contributed by atoms with Crippen LogP contribution in [0.5, 0.6) is 17.4 Å². The summed E-state index contributed by atoms with van der Waals surface area (Å²) in [5.74, 6) is 2.66. The van der Waals surface area contributed by atoms with E-state index in [1.165, 1.54) is 5.56 Å². The monoisotopic (exact) mass is 360 g/mol. The van der Waals surface area contributed by atoms with Gasteiger partial charge in [0.1, 0.15) is 17.3 Å². The number of ether oxygens (including phenoxy) is 2. The summed E-state index contributed by atoms with van der Waals surface area (Å²) in [4.78, 5) is 8.45. The van der Waals surface area contributed by atoms with Crippen molar-refractivity contribution in [2.24, 2.45) is 0 Å². The molecule has 2 aliphatic rings. The molecule has 1 saturated carbocycles. The molecule has 0 atom stereocenters. The number of nitrogens with zero attached hydrogens (tertiary/aromatic N) is 2. The van der Waals surface area contributed by atoms with E-state index in [1.807, 2.05) is 30.3 Å². The lowest BCUT2D eigenvalue weighted by Gasteiger charge is -2.14. The second-order valence-corrected chi connectivity index (χ2v) is 7.30. The van der Waals surface area contributed by atoms with Crippen molar-refractivity contribution in [1.82, 2.24) is 9.97 Å². The summed E-state index contributed by atoms with van der Waals surface area (Å²) in [6.07, 6.45) is 5.66. The Morgan fingerprint density at radius 2 is 1.93 bits per heavy atom. The predicted octanol–water partition coefficient (Wildman–Crippen LogP) is 3.83. The lowest BCUT2D eigenvalue weighted by Crippen LogP contribution is -2.08. The molecule has 3 aromatic rings. The van der Waals surface area contributed by atoms with Gasteiger partial charge in [0.05, 0.1) is 12.3 Å². The quantitative estimate of drug-likeness (QED) is 0.737. The Morgan fingerprint density at radius 3 is 2.67 bits per heavy atom. The van der Waals surface area contributed by atoms with Crippen LogP contribution in [0.1, 0.15) is 24.0 Å². The van der Waals surface area contributed by atoms with Crippen LogP contribution in [0.3, 0.4) is 0 Å². The number of aryl methyl sites for hydroxylation is 1. The van der Waals surface area contributed by atoms with E-state index in [0.29, 0.717) is 17.4 Å². The number of benzene rings is 1. The molecule has 0 radical (unpaired) electrons. The highest BCUT2D eigenvalue weighted by atomic mass is 16.5. The van der Waals surface area contributed by atoms with E-state index in [0.717, 1.165) is 47.6 Å². The Labute approximate surface area is 157 Å². The van der Waals surface area contributed by atoms with Gasteiger partial charge >= 0.3 is 0 Å². The van der Waals surface area contributed by atoms with Crippen LogP contribution >= 0.6 is 0 Å². The minimum absolute atomic E-state index is 0.139. The maximum Gasteiger partial charge on any atom is 0.219 e. The number of nitrogen functional groups attached to an aromatic ring is 2. The van der Waals surface area contributed by atoms with Crippen LogP contribution in [-0.4, -0.2) is 16.6 Å². The van der Waals surface area contributed by atoms with Crippen molar-refractivity contribution in [3.05, 3.63) is 53.9 Å². The lowest BCUT2D eigenvalue weighted by molar-refractivity contribution is 0.322. The number of hydrogen-bond acceptors (Lipinski definition) is 6. The molecule has 4 N–H and O–H groups in total. The molecular weight excluding hydrogens is 340 g/mol. The van der Waals surface area contributed by atoms with Gasteiger partial charge in [-0.2, -0.15) is 0 Å². The Kier molecular flexibility index (Phi) is 3.31. The summed E-state index contributed by atoms with van der Waals surface area (Å²) in [7, 11) is 0. The van der Waals surface area contributed by atoms with Crippen LogP contribution in [0.25, 0.3) is 11.1 Å². The van der Waals surface area contributed by atoms with Gasteiger partial charge in [-0.3, -0.25) is 0 Å². The fraction of sp³-hybridized carbons (Fsp3) is 0.238. The molecule has 0 amide bonds. The highest BCUT2D eigenvalue weighted by Crippen LogP contribution is 2.59. The number of aromatic nitrogens is 2. The molecule has 6 heteroatoms. The third kappa shape index (κ3) is 2.48. The van der Waals surface area contributed by atoms with E-state index in [4.69, 9.17) is 20.9 Å². The molecule has 1 spiro atoms. The first-order valence-corrected chi connectivity index (χ1v) is 8.98. The highest BCUT2D eigenvalue weighted by Gasteiger charge is 2.53. The third-order valence-electron chi connectivity index (χ3n) is 5.48. The summed E-state index contributed by atoms with van der Waals surface area (Å²) < 4.78 is 12.1. The zero-order valence-electron chi connectivity index (χ0n) is 15.0. The van der Waals surface area contributed by atoms with Crippen molar-refractivity contribution in [3.8, 4) is 28.5 Å². The van der Waals surface area contributed by atoms with E-state index < -0.39 is 0 Å². The van der Waals surface area contributed by atoms with Gasteiger partial charge in [0, 0.05) is 40.6 Å². The summed E-state index contributed by atoms with van der Waals surface area (Å²) in [6.45, 7) is 2.82. The number of rotatable bonds is 3. The van der Waals surface area contributed by atoms with Crippen molar-refractivity contribution in [2.75, 3.05) is 18.1 Å². The van der Waals surface area contributed by atoms with E-state index in [9.17, 15) is 0 Å². The number of pyridine rings is 2. The van der Waals surface area contributed by atoms with Crippen molar-refractivity contribution in [2.45, 2.75) is 25.2 Å². The first kappa shape index (κ1) is 15.9. The third-order valence-corrected chi connectivity index (χ3v) is 5.48. The molecule has 1 aliphatic heterocycles. The van der Waals surface area contributed by atoms with Gasteiger partial charge in [0.2, 0.25) is 5.88 Å². The molecule has 27 heavy (non-hydrogen) atoms. The molecule has 6 nitrogen and oxygen atoms in total. The van der Waals surface area contributed by atoms with Crippen LogP contribution < -0.4 is 20.9 Å². The van der Waals surface area contributed by atoms with Gasteiger partial charge < -0.3 is 20.9 Å². The fourth-order valence-corrected chi connectivity index (χ4v) is 3.72. The van der Waals surface area contributed by atoms with Crippen molar-refractivity contribution < 1.29 is 9.47 Å².